The van der Waals surface area contributed by atoms with E-state index < -0.39 is 0 Å². The summed E-state index contributed by atoms with van der Waals surface area (Å²) in [6, 6.07) is 2.11. The highest BCUT2D eigenvalue weighted by molar-refractivity contribution is 7.10. The third-order valence-electron chi connectivity index (χ3n) is 2.26. The van der Waals surface area contributed by atoms with Crippen molar-refractivity contribution in [3.8, 4) is 11.3 Å². The molecule has 2 nitrogen and oxygen atoms in total. The zero-order chi connectivity index (χ0) is 7.97. The summed E-state index contributed by atoms with van der Waals surface area (Å²) in [6.45, 7) is 0. The quantitative estimate of drug-likeness (QED) is 0.618. The number of thiophene rings is 1. The average Bonchev–Trinajstić information content (AvgIpc) is 2.71. The molecule has 3 rings (SSSR count). The van der Waals surface area contributed by atoms with Crippen molar-refractivity contribution in [3.05, 3.63) is 28.1 Å². The summed E-state index contributed by atoms with van der Waals surface area (Å²) in [5.41, 5.74) is 2.50. The van der Waals surface area contributed by atoms with E-state index in [1.807, 2.05) is 6.20 Å². The topological polar surface area (TPSA) is 26.0 Å². The van der Waals surface area contributed by atoms with Crippen molar-refractivity contribution in [2.45, 2.75) is 12.8 Å². The minimum absolute atomic E-state index is 0.984. The predicted molar refractivity (Wildman–Crippen MR) is 47.2 cm³/mol. The second-order valence-corrected chi connectivity index (χ2v) is 3.94. The third-order valence-corrected chi connectivity index (χ3v) is 3.24. The molecular weight excluding hydrogens is 170 g/mol. The van der Waals surface area contributed by atoms with Crippen LogP contribution in [-0.4, -0.2) is 5.16 Å². The lowest BCUT2D eigenvalue weighted by atomic mass is 9.98. The molecular formula is C9H7NOS. The van der Waals surface area contributed by atoms with Gasteiger partial charge in [-0.15, -0.1) is 11.3 Å². The van der Waals surface area contributed by atoms with Crippen LogP contribution in [0, 0.1) is 0 Å². The SMILES string of the molecule is c1cc2c(s1)CCc1cnoc1-2. The number of nitrogens with zero attached hydrogens (tertiary/aromatic N) is 1. The normalized spacial score (nSPS) is 14.0. The maximum atomic E-state index is 5.20. The molecule has 2 aromatic rings. The second kappa shape index (κ2) is 2.20. The van der Waals surface area contributed by atoms with E-state index in [9.17, 15) is 0 Å². The average molecular weight is 177 g/mol. The first-order valence-corrected chi connectivity index (χ1v) is 4.83. The summed E-state index contributed by atoms with van der Waals surface area (Å²) in [7, 11) is 0. The van der Waals surface area contributed by atoms with Gasteiger partial charge >= 0.3 is 0 Å². The van der Waals surface area contributed by atoms with Gasteiger partial charge in [0.2, 0.25) is 0 Å². The molecule has 2 aromatic heterocycles. The van der Waals surface area contributed by atoms with Gasteiger partial charge in [0.15, 0.2) is 5.76 Å². The summed E-state index contributed by atoms with van der Waals surface area (Å²) in [5, 5.41) is 5.93. The Kier molecular flexibility index (Phi) is 1.18. The van der Waals surface area contributed by atoms with Gasteiger partial charge in [0, 0.05) is 16.0 Å². The zero-order valence-corrected chi connectivity index (χ0v) is 7.23. The van der Waals surface area contributed by atoms with Crippen LogP contribution in [0.5, 0.6) is 0 Å². The van der Waals surface area contributed by atoms with Crippen molar-refractivity contribution in [1.82, 2.24) is 5.16 Å². The molecule has 0 unspecified atom stereocenters. The molecule has 0 atom stereocenters. The summed E-state index contributed by atoms with van der Waals surface area (Å²) in [4.78, 5) is 1.43. The van der Waals surface area contributed by atoms with Crippen molar-refractivity contribution >= 4 is 11.3 Å². The minimum Gasteiger partial charge on any atom is -0.356 e. The molecule has 0 bridgehead atoms. The Balaban J connectivity index is 2.32. The maximum absolute atomic E-state index is 5.20. The Morgan fingerprint density at radius 3 is 3.42 bits per heavy atom. The maximum Gasteiger partial charge on any atom is 0.171 e. The van der Waals surface area contributed by atoms with Gasteiger partial charge in [0.05, 0.1) is 6.20 Å². The molecule has 0 saturated carbocycles. The largest absolute Gasteiger partial charge is 0.356 e. The molecule has 2 heterocycles. The van der Waals surface area contributed by atoms with Crippen LogP contribution in [-0.2, 0) is 12.8 Å². The first-order valence-electron chi connectivity index (χ1n) is 3.95. The third kappa shape index (κ3) is 0.716. The van der Waals surface area contributed by atoms with Crippen molar-refractivity contribution in [2.75, 3.05) is 0 Å². The molecule has 0 saturated heterocycles. The number of aryl methyl sites for hydroxylation is 2. The van der Waals surface area contributed by atoms with Crippen LogP contribution >= 0.6 is 11.3 Å². The van der Waals surface area contributed by atoms with Crippen molar-refractivity contribution < 1.29 is 4.52 Å². The van der Waals surface area contributed by atoms with Gasteiger partial charge in [-0.3, -0.25) is 0 Å². The van der Waals surface area contributed by atoms with Crippen LogP contribution in [0.15, 0.2) is 22.2 Å². The number of fused-ring (bicyclic) bond motifs is 3. The first kappa shape index (κ1) is 6.43. The molecule has 0 aliphatic heterocycles. The van der Waals surface area contributed by atoms with E-state index in [2.05, 4.69) is 16.6 Å². The summed E-state index contributed by atoms with van der Waals surface area (Å²) in [5.74, 6) is 0.984. The fraction of sp³-hybridized carbons (Fsp3) is 0.222. The second-order valence-electron chi connectivity index (χ2n) is 2.94. The van der Waals surface area contributed by atoms with E-state index >= 15 is 0 Å². The molecule has 12 heavy (non-hydrogen) atoms. The van der Waals surface area contributed by atoms with E-state index in [0.29, 0.717) is 0 Å². The standard InChI is InChI=1S/C9H7NOS/c1-2-8-7(3-4-12-8)9-6(1)5-10-11-9/h3-5H,1-2H2. The van der Waals surface area contributed by atoms with Crippen LogP contribution < -0.4 is 0 Å². The molecule has 1 aliphatic carbocycles. The molecule has 60 valence electrons. The predicted octanol–water partition coefficient (Wildman–Crippen LogP) is 2.50. The van der Waals surface area contributed by atoms with Gasteiger partial charge < -0.3 is 4.52 Å². The van der Waals surface area contributed by atoms with Gasteiger partial charge in [0.1, 0.15) is 0 Å². The minimum atomic E-state index is 0.984. The highest BCUT2D eigenvalue weighted by atomic mass is 32.1. The number of hydrogen-bond acceptors (Lipinski definition) is 3. The molecule has 3 heteroatoms. The van der Waals surface area contributed by atoms with Gasteiger partial charge in [0.25, 0.3) is 0 Å². The first-order chi connectivity index (χ1) is 5.95. The lowest BCUT2D eigenvalue weighted by Gasteiger charge is -2.07. The fourth-order valence-corrected chi connectivity index (χ4v) is 2.52. The zero-order valence-electron chi connectivity index (χ0n) is 6.41. The number of aromatic nitrogens is 1. The Hall–Kier alpha value is -1.09. The summed E-state index contributed by atoms with van der Waals surface area (Å²) < 4.78 is 5.20. The highest BCUT2D eigenvalue weighted by Crippen LogP contribution is 2.36. The Bertz CT molecular complexity index is 375. The number of hydrogen-bond donors (Lipinski definition) is 0. The van der Waals surface area contributed by atoms with E-state index in [0.717, 1.165) is 18.6 Å². The number of rotatable bonds is 0. The summed E-state index contributed by atoms with van der Waals surface area (Å²) >= 11 is 1.80. The van der Waals surface area contributed by atoms with Gasteiger partial charge in [-0.2, -0.15) is 0 Å². The molecule has 0 aromatic carbocycles. The smallest absolute Gasteiger partial charge is 0.171 e. The monoisotopic (exact) mass is 177 g/mol. The van der Waals surface area contributed by atoms with Crippen LogP contribution in [0.25, 0.3) is 11.3 Å². The van der Waals surface area contributed by atoms with E-state index in [1.165, 1.54) is 16.0 Å². The van der Waals surface area contributed by atoms with Crippen LogP contribution in [0.1, 0.15) is 10.4 Å². The lowest BCUT2D eigenvalue weighted by Crippen LogP contribution is -1.97. The molecule has 0 spiro atoms. The molecule has 0 N–H and O–H groups in total. The van der Waals surface area contributed by atoms with E-state index in [-0.39, 0.29) is 0 Å². The van der Waals surface area contributed by atoms with E-state index in [1.54, 1.807) is 11.3 Å². The Morgan fingerprint density at radius 2 is 2.42 bits per heavy atom. The highest BCUT2D eigenvalue weighted by Gasteiger charge is 2.20. The molecule has 0 fully saturated rings. The van der Waals surface area contributed by atoms with Crippen LogP contribution in [0.4, 0.5) is 0 Å². The van der Waals surface area contributed by atoms with Gasteiger partial charge in [-0.1, -0.05) is 5.16 Å². The molecule has 1 aliphatic rings. The van der Waals surface area contributed by atoms with Gasteiger partial charge in [-0.05, 0) is 24.3 Å². The Labute approximate surface area is 73.8 Å². The van der Waals surface area contributed by atoms with Crippen molar-refractivity contribution in [2.24, 2.45) is 0 Å². The van der Waals surface area contributed by atoms with E-state index in [4.69, 9.17) is 4.52 Å². The van der Waals surface area contributed by atoms with Gasteiger partial charge in [-0.25, -0.2) is 0 Å². The lowest BCUT2D eigenvalue weighted by molar-refractivity contribution is 0.430. The van der Waals surface area contributed by atoms with Crippen molar-refractivity contribution in [1.29, 1.82) is 0 Å². The van der Waals surface area contributed by atoms with Crippen LogP contribution in [0.3, 0.4) is 0 Å². The van der Waals surface area contributed by atoms with Crippen molar-refractivity contribution in [3.63, 3.8) is 0 Å². The van der Waals surface area contributed by atoms with Crippen LogP contribution in [0.2, 0.25) is 0 Å². The molecule has 0 amide bonds. The summed E-state index contributed by atoms with van der Waals surface area (Å²) in [6.07, 6.45) is 4.05. The molecule has 0 radical (unpaired) electrons. The Morgan fingerprint density at radius 1 is 1.42 bits per heavy atom. The fourth-order valence-electron chi connectivity index (χ4n) is 1.64.